The van der Waals surface area contributed by atoms with Crippen molar-refractivity contribution in [2.24, 2.45) is 0 Å². The van der Waals surface area contributed by atoms with Crippen LogP contribution in [0.3, 0.4) is 0 Å². The number of amides is 1. The van der Waals surface area contributed by atoms with Crippen LogP contribution in [0.1, 0.15) is 18.4 Å². The number of aryl methyl sites for hydroxylation is 1. The molecule has 2 aromatic rings. The Morgan fingerprint density at radius 1 is 1.21 bits per heavy atom. The number of aromatic nitrogens is 3. The SMILES string of the molecule is Cc1ccc(N2CCn3c2nn(CC(=O)NCC2CCCO2)c(=O)c3=O)cc1. The minimum atomic E-state index is -0.790. The molecule has 1 atom stereocenters. The van der Waals surface area contributed by atoms with E-state index in [9.17, 15) is 14.4 Å². The maximum atomic E-state index is 12.5. The predicted molar refractivity (Wildman–Crippen MR) is 103 cm³/mol. The fourth-order valence-corrected chi connectivity index (χ4v) is 3.53. The normalized spacial score (nSPS) is 18.3. The summed E-state index contributed by atoms with van der Waals surface area (Å²) in [4.78, 5) is 38.9. The highest BCUT2D eigenvalue weighted by Crippen LogP contribution is 2.26. The van der Waals surface area contributed by atoms with Gasteiger partial charge in [0, 0.05) is 31.9 Å². The lowest BCUT2D eigenvalue weighted by Crippen LogP contribution is -2.45. The van der Waals surface area contributed by atoms with Crippen molar-refractivity contribution in [2.75, 3.05) is 24.6 Å². The minimum Gasteiger partial charge on any atom is -0.376 e. The van der Waals surface area contributed by atoms with Gasteiger partial charge in [0.15, 0.2) is 0 Å². The van der Waals surface area contributed by atoms with E-state index >= 15 is 0 Å². The van der Waals surface area contributed by atoms with Crippen molar-refractivity contribution < 1.29 is 9.53 Å². The Bertz CT molecular complexity index is 989. The van der Waals surface area contributed by atoms with Crippen molar-refractivity contribution in [1.82, 2.24) is 19.7 Å². The number of rotatable bonds is 5. The van der Waals surface area contributed by atoms with Gasteiger partial charge in [-0.15, -0.1) is 5.10 Å². The Labute approximate surface area is 161 Å². The van der Waals surface area contributed by atoms with Crippen molar-refractivity contribution in [3.63, 3.8) is 0 Å². The average molecular weight is 385 g/mol. The third-order valence-corrected chi connectivity index (χ3v) is 5.09. The second-order valence-electron chi connectivity index (χ2n) is 7.15. The number of fused-ring (bicyclic) bond motifs is 1. The van der Waals surface area contributed by atoms with Crippen LogP contribution in [0.15, 0.2) is 33.9 Å². The first-order valence-corrected chi connectivity index (χ1v) is 9.47. The topological polar surface area (TPSA) is 98.5 Å². The van der Waals surface area contributed by atoms with Gasteiger partial charge in [-0.3, -0.25) is 19.0 Å². The summed E-state index contributed by atoms with van der Waals surface area (Å²) in [6.07, 6.45) is 1.90. The van der Waals surface area contributed by atoms with Crippen LogP contribution in [0.2, 0.25) is 0 Å². The van der Waals surface area contributed by atoms with E-state index in [2.05, 4.69) is 10.4 Å². The van der Waals surface area contributed by atoms with Crippen molar-refractivity contribution in [2.45, 2.75) is 39.0 Å². The van der Waals surface area contributed by atoms with E-state index in [0.29, 0.717) is 32.2 Å². The number of hydrogen-bond donors (Lipinski definition) is 1. The second kappa shape index (κ2) is 7.59. The van der Waals surface area contributed by atoms with E-state index in [1.54, 1.807) is 0 Å². The largest absolute Gasteiger partial charge is 0.376 e. The van der Waals surface area contributed by atoms with Crippen molar-refractivity contribution in [3.05, 3.63) is 50.5 Å². The molecule has 0 spiro atoms. The number of ether oxygens (including phenoxy) is 1. The van der Waals surface area contributed by atoms with E-state index in [-0.39, 0.29) is 18.6 Å². The molecule has 9 heteroatoms. The van der Waals surface area contributed by atoms with Gasteiger partial charge in [-0.2, -0.15) is 0 Å². The summed E-state index contributed by atoms with van der Waals surface area (Å²) in [7, 11) is 0. The van der Waals surface area contributed by atoms with E-state index in [0.717, 1.165) is 28.8 Å². The van der Waals surface area contributed by atoms with Gasteiger partial charge in [-0.1, -0.05) is 17.7 Å². The molecule has 0 saturated carbocycles. The summed E-state index contributed by atoms with van der Waals surface area (Å²) >= 11 is 0. The number of nitrogens with one attached hydrogen (secondary N) is 1. The van der Waals surface area contributed by atoms with Crippen LogP contribution < -0.4 is 21.3 Å². The van der Waals surface area contributed by atoms with Gasteiger partial charge >= 0.3 is 11.1 Å². The quantitative estimate of drug-likeness (QED) is 0.737. The molecule has 28 heavy (non-hydrogen) atoms. The van der Waals surface area contributed by atoms with Gasteiger partial charge in [0.25, 0.3) is 0 Å². The molecular formula is C19H23N5O4. The lowest BCUT2D eigenvalue weighted by Gasteiger charge is -2.18. The highest BCUT2D eigenvalue weighted by Gasteiger charge is 2.26. The molecular weight excluding hydrogens is 362 g/mol. The van der Waals surface area contributed by atoms with Gasteiger partial charge in [-0.25, -0.2) is 4.68 Å². The molecule has 0 aliphatic carbocycles. The van der Waals surface area contributed by atoms with Gasteiger partial charge in [-0.05, 0) is 31.9 Å². The van der Waals surface area contributed by atoms with Crippen LogP contribution in [-0.2, 0) is 22.6 Å². The van der Waals surface area contributed by atoms with Crippen LogP contribution in [0, 0.1) is 6.92 Å². The van der Waals surface area contributed by atoms with Gasteiger partial charge in [0.2, 0.25) is 11.9 Å². The van der Waals surface area contributed by atoms with Crippen LogP contribution in [-0.4, -0.2) is 46.1 Å². The standard InChI is InChI=1S/C19H23N5O4/c1-13-4-6-14(7-5-13)22-8-9-23-17(26)18(27)24(21-19(22)23)12-16(25)20-11-15-3-2-10-28-15/h4-7,15H,2-3,8-12H2,1H3,(H,20,25). The Hall–Kier alpha value is -2.94. The molecule has 1 aromatic carbocycles. The zero-order valence-corrected chi connectivity index (χ0v) is 15.8. The lowest BCUT2D eigenvalue weighted by atomic mass is 10.2. The molecule has 2 aliphatic heterocycles. The molecule has 2 aliphatic rings. The van der Waals surface area contributed by atoms with E-state index in [4.69, 9.17) is 4.74 Å². The third-order valence-electron chi connectivity index (χ3n) is 5.09. The fourth-order valence-electron chi connectivity index (χ4n) is 3.53. The molecule has 3 heterocycles. The average Bonchev–Trinajstić information content (AvgIpc) is 3.35. The lowest BCUT2D eigenvalue weighted by molar-refractivity contribution is -0.122. The van der Waals surface area contributed by atoms with Crippen LogP contribution in [0.5, 0.6) is 0 Å². The van der Waals surface area contributed by atoms with Crippen molar-refractivity contribution in [1.29, 1.82) is 0 Å². The maximum Gasteiger partial charge on any atom is 0.333 e. The molecule has 0 radical (unpaired) electrons. The molecule has 1 fully saturated rings. The number of nitrogens with zero attached hydrogens (tertiary/aromatic N) is 4. The zero-order valence-electron chi connectivity index (χ0n) is 15.8. The monoisotopic (exact) mass is 385 g/mol. The first-order valence-electron chi connectivity index (χ1n) is 9.47. The molecule has 1 N–H and O–H groups in total. The van der Waals surface area contributed by atoms with E-state index in [1.807, 2.05) is 36.1 Å². The minimum absolute atomic E-state index is 0.0105. The molecule has 4 rings (SSSR count). The van der Waals surface area contributed by atoms with Crippen molar-refractivity contribution >= 4 is 17.5 Å². The summed E-state index contributed by atoms with van der Waals surface area (Å²) < 4.78 is 7.78. The molecule has 1 amide bonds. The molecule has 9 nitrogen and oxygen atoms in total. The highest BCUT2D eigenvalue weighted by molar-refractivity contribution is 5.75. The Kier molecular flexibility index (Phi) is 4.99. The number of anilines is 2. The number of benzene rings is 1. The molecule has 1 aromatic heterocycles. The first-order chi connectivity index (χ1) is 13.5. The summed E-state index contributed by atoms with van der Waals surface area (Å²) in [5, 5.41) is 7.07. The smallest absolute Gasteiger partial charge is 0.333 e. The first kappa shape index (κ1) is 18.4. The Morgan fingerprint density at radius 2 is 2.00 bits per heavy atom. The number of carbonyl (C=O) groups is 1. The predicted octanol–water partition coefficient (Wildman–Crippen LogP) is 0.160. The van der Waals surface area contributed by atoms with E-state index in [1.165, 1.54) is 4.57 Å². The molecule has 1 saturated heterocycles. The third kappa shape index (κ3) is 3.57. The molecule has 148 valence electrons. The summed E-state index contributed by atoms with van der Waals surface area (Å²) in [5.41, 5.74) is 0.561. The number of carbonyl (C=O) groups excluding carboxylic acids is 1. The van der Waals surface area contributed by atoms with Crippen LogP contribution >= 0.6 is 0 Å². The fraction of sp³-hybridized carbons (Fsp3) is 0.474. The molecule has 0 bridgehead atoms. The second-order valence-corrected chi connectivity index (χ2v) is 7.15. The van der Waals surface area contributed by atoms with E-state index < -0.39 is 11.1 Å². The summed E-state index contributed by atoms with van der Waals surface area (Å²) in [6.45, 7) is 3.73. The van der Waals surface area contributed by atoms with Crippen LogP contribution in [0.4, 0.5) is 11.6 Å². The molecule has 1 unspecified atom stereocenters. The van der Waals surface area contributed by atoms with Crippen molar-refractivity contribution in [3.8, 4) is 0 Å². The van der Waals surface area contributed by atoms with Gasteiger partial charge in [0.1, 0.15) is 6.54 Å². The Balaban J connectivity index is 1.56. The Morgan fingerprint density at radius 3 is 2.71 bits per heavy atom. The van der Waals surface area contributed by atoms with Gasteiger partial charge < -0.3 is 15.0 Å². The maximum absolute atomic E-state index is 12.5. The zero-order chi connectivity index (χ0) is 19.7. The number of hydrogen-bond acceptors (Lipinski definition) is 6. The summed E-state index contributed by atoms with van der Waals surface area (Å²) in [5.74, 6) is 0.00899. The van der Waals surface area contributed by atoms with Crippen LogP contribution in [0.25, 0.3) is 0 Å². The van der Waals surface area contributed by atoms with Gasteiger partial charge in [0.05, 0.1) is 6.10 Å². The highest BCUT2D eigenvalue weighted by atomic mass is 16.5. The summed E-state index contributed by atoms with van der Waals surface area (Å²) in [6, 6.07) is 7.84.